The van der Waals surface area contributed by atoms with Gasteiger partial charge in [-0.2, -0.15) is 0 Å². The van der Waals surface area contributed by atoms with Crippen molar-refractivity contribution in [1.29, 1.82) is 0 Å². The van der Waals surface area contributed by atoms with Crippen molar-refractivity contribution in [2.75, 3.05) is 4.72 Å². The lowest BCUT2D eigenvalue weighted by atomic mass is 10.1. The number of rotatable bonds is 9. The number of hydrogen-bond acceptors (Lipinski definition) is 5. The third kappa shape index (κ3) is 6.40. The summed E-state index contributed by atoms with van der Waals surface area (Å²) in [6, 6.07) is 16.2. The van der Waals surface area contributed by atoms with Crippen LogP contribution in [0.2, 0.25) is 0 Å². The molecule has 3 aromatic rings. The van der Waals surface area contributed by atoms with Crippen molar-refractivity contribution in [3.05, 3.63) is 81.5 Å². The average Bonchev–Trinajstić information content (AvgIpc) is 3.24. The summed E-state index contributed by atoms with van der Waals surface area (Å²) in [6.45, 7) is 6.73. The second kappa shape index (κ2) is 10.1. The molecule has 0 bridgehead atoms. The summed E-state index contributed by atoms with van der Waals surface area (Å²) < 4.78 is 33.7. The molecule has 0 spiro atoms. The van der Waals surface area contributed by atoms with E-state index in [-0.39, 0.29) is 15.9 Å². The summed E-state index contributed by atoms with van der Waals surface area (Å²) in [5.74, 6) is -0.425. The molecule has 1 amide bonds. The number of carbonyl (C=O) groups excluding carboxylic acids is 1. The summed E-state index contributed by atoms with van der Waals surface area (Å²) in [4.78, 5) is 12.8. The quantitative estimate of drug-likeness (QED) is 0.486. The molecule has 1 aromatic heterocycles. The second-order valence-corrected chi connectivity index (χ2v) is 10.0. The molecular weight excluding hydrogens is 432 g/mol. The first kappa shape index (κ1) is 23.0. The summed E-state index contributed by atoms with van der Waals surface area (Å²) in [7, 11) is -3.87. The first-order chi connectivity index (χ1) is 14.7. The minimum absolute atomic E-state index is 0.0308. The SMILES string of the molecule is Cc1ccc(NS(=O)(=O)c2ccsc2C(=O)NCc2ccc(COC(C)C)cc2)cc1. The minimum Gasteiger partial charge on any atom is -0.374 e. The van der Waals surface area contributed by atoms with Crippen LogP contribution in [0.4, 0.5) is 5.69 Å². The molecule has 2 N–H and O–H groups in total. The Morgan fingerprint density at radius 1 is 1.00 bits per heavy atom. The summed E-state index contributed by atoms with van der Waals surface area (Å²) in [5, 5.41) is 4.40. The van der Waals surface area contributed by atoms with Crippen LogP contribution in [0.1, 0.15) is 40.2 Å². The predicted octanol–water partition coefficient (Wildman–Crippen LogP) is 4.71. The molecule has 31 heavy (non-hydrogen) atoms. The molecule has 0 aliphatic carbocycles. The van der Waals surface area contributed by atoms with Gasteiger partial charge in [-0.25, -0.2) is 8.42 Å². The fraction of sp³-hybridized carbons (Fsp3) is 0.261. The Bertz CT molecular complexity index is 1120. The lowest BCUT2D eigenvalue weighted by Gasteiger charge is -2.10. The topological polar surface area (TPSA) is 84.5 Å². The minimum atomic E-state index is -3.87. The van der Waals surface area contributed by atoms with Crippen molar-refractivity contribution in [1.82, 2.24) is 5.32 Å². The first-order valence-electron chi connectivity index (χ1n) is 9.89. The molecule has 0 saturated carbocycles. The Morgan fingerprint density at radius 3 is 2.29 bits per heavy atom. The molecular formula is C23H26N2O4S2. The zero-order valence-corrected chi connectivity index (χ0v) is 19.3. The van der Waals surface area contributed by atoms with Gasteiger partial charge >= 0.3 is 0 Å². The van der Waals surface area contributed by atoms with Crippen molar-refractivity contribution >= 4 is 33.0 Å². The zero-order valence-electron chi connectivity index (χ0n) is 17.7. The van der Waals surface area contributed by atoms with Crippen molar-refractivity contribution in [2.24, 2.45) is 0 Å². The molecule has 1 heterocycles. The number of nitrogens with one attached hydrogen (secondary N) is 2. The molecule has 0 fully saturated rings. The van der Waals surface area contributed by atoms with Crippen molar-refractivity contribution in [2.45, 2.75) is 44.9 Å². The maximum atomic E-state index is 12.8. The fourth-order valence-electron chi connectivity index (χ4n) is 2.79. The third-order valence-corrected chi connectivity index (χ3v) is 6.95. The van der Waals surface area contributed by atoms with E-state index in [1.807, 2.05) is 57.2 Å². The second-order valence-electron chi connectivity index (χ2n) is 7.44. The number of thiophene rings is 1. The number of amides is 1. The molecule has 0 aliphatic rings. The van der Waals surface area contributed by atoms with Crippen LogP contribution in [0.5, 0.6) is 0 Å². The van der Waals surface area contributed by atoms with E-state index in [1.165, 1.54) is 6.07 Å². The molecule has 0 saturated heterocycles. The van der Waals surface area contributed by atoms with E-state index < -0.39 is 15.9 Å². The molecule has 0 atom stereocenters. The van der Waals surface area contributed by atoms with Gasteiger partial charge in [0, 0.05) is 12.2 Å². The highest BCUT2D eigenvalue weighted by Crippen LogP contribution is 2.24. The van der Waals surface area contributed by atoms with Crippen molar-refractivity contribution in [3.63, 3.8) is 0 Å². The van der Waals surface area contributed by atoms with Crippen LogP contribution in [0, 0.1) is 6.92 Å². The highest BCUT2D eigenvalue weighted by atomic mass is 32.2. The maximum absolute atomic E-state index is 12.8. The zero-order chi connectivity index (χ0) is 22.4. The lowest BCUT2D eigenvalue weighted by molar-refractivity contribution is 0.0657. The van der Waals surface area contributed by atoms with E-state index in [9.17, 15) is 13.2 Å². The van der Waals surface area contributed by atoms with Crippen LogP contribution in [-0.4, -0.2) is 20.4 Å². The normalized spacial score (nSPS) is 11.5. The van der Waals surface area contributed by atoms with Gasteiger partial charge in [0.15, 0.2) is 0 Å². The van der Waals surface area contributed by atoms with E-state index in [4.69, 9.17) is 4.74 Å². The van der Waals surface area contributed by atoms with Crippen molar-refractivity contribution < 1.29 is 17.9 Å². The van der Waals surface area contributed by atoms with Crippen LogP contribution in [-0.2, 0) is 27.9 Å². The largest absolute Gasteiger partial charge is 0.374 e. The number of sulfonamides is 1. The lowest BCUT2D eigenvalue weighted by Crippen LogP contribution is -2.24. The number of aryl methyl sites for hydroxylation is 1. The fourth-order valence-corrected chi connectivity index (χ4v) is 5.19. The highest BCUT2D eigenvalue weighted by molar-refractivity contribution is 7.93. The Morgan fingerprint density at radius 2 is 1.65 bits per heavy atom. The molecule has 0 unspecified atom stereocenters. The van der Waals surface area contributed by atoms with Crippen LogP contribution >= 0.6 is 11.3 Å². The van der Waals surface area contributed by atoms with E-state index in [1.54, 1.807) is 17.5 Å². The van der Waals surface area contributed by atoms with Gasteiger partial charge in [0.2, 0.25) is 0 Å². The standard InChI is InChI=1S/C23H26N2O4S2/c1-16(2)29-15-19-8-6-18(7-9-19)14-24-23(26)22-21(12-13-30-22)31(27,28)25-20-10-4-17(3)5-11-20/h4-13,16,25H,14-15H2,1-3H3,(H,24,26). The van der Waals surface area contributed by atoms with E-state index >= 15 is 0 Å². The van der Waals surface area contributed by atoms with E-state index in [0.29, 0.717) is 18.8 Å². The number of anilines is 1. The Balaban J connectivity index is 1.64. The van der Waals surface area contributed by atoms with E-state index in [2.05, 4.69) is 10.0 Å². The Kier molecular flexibility index (Phi) is 7.48. The predicted molar refractivity (Wildman–Crippen MR) is 124 cm³/mol. The van der Waals surface area contributed by atoms with Gasteiger partial charge in [-0.15, -0.1) is 11.3 Å². The average molecular weight is 459 g/mol. The van der Waals surface area contributed by atoms with Gasteiger partial charge in [0.1, 0.15) is 9.77 Å². The van der Waals surface area contributed by atoms with Crippen LogP contribution in [0.15, 0.2) is 64.9 Å². The Hall–Kier alpha value is -2.68. The number of hydrogen-bond donors (Lipinski definition) is 2. The van der Waals surface area contributed by atoms with E-state index in [0.717, 1.165) is 28.0 Å². The van der Waals surface area contributed by atoms with Crippen LogP contribution in [0.25, 0.3) is 0 Å². The summed E-state index contributed by atoms with van der Waals surface area (Å²) >= 11 is 1.10. The van der Waals surface area contributed by atoms with Gasteiger partial charge in [-0.3, -0.25) is 9.52 Å². The van der Waals surface area contributed by atoms with Gasteiger partial charge in [0.25, 0.3) is 15.9 Å². The van der Waals surface area contributed by atoms with Crippen molar-refractivity contribution in [3.8, 4) is 0 Å². The molecule has 2 aromatic carbocycles. The highest BCUT2D eigenvalue weighted by Gasteiger charge is 2.24. The Labute approximate surface area is 187 Å². The third-order valence-electron chi connectivity index (χ3n) is 4.49. The monoisotopic (exact) mass is 458 g/mol. The van der Waals surface area contributed by atoms with Crippen LogP contribution < -0.4 is 10.0 Å². The van der Waals surface area contributed by atoms with Gasteiger partial charge < -0.3 is 10.1 Å². The number of carbonyl (C=O) groups is 1. The van der Waals surface area contributed by atoms with Gasteiger partial charge in [-0.1, -0.05) is 42.0 Å². The molecule has 0 radical (unpaired) electrons. The number of benzene rings is 2. The smallest absolute Gasteiger partial charge is 0.263 e. The summed E-state index contributed by atoms with van der Waals surface area (Å²) in [5.41, 5.74) is 3.45. The number of ether oxygens (including phenoxy) is 1. The molecule has 0 aliphatic heterocycles. The molecule has 164 valence electrons. The molecule has 3 rings (SSSR count). The molecule has 6 nitrogen and oxygen atoms in total. The van der Waals surface area contributed by atoms with Gasteiger partial charge in [-0.05, 0) is 55.5 Å². The first-order valence-corrected chi connectivity index (χ1v) is 12.3. The molecule has 8 heteroatoms. The maximum Gasteiger partial charge on any atom is 0.263 e. The van der Waals surface area contributed by atoms with Crippen LogP contribution in [0.3, 0.4) is 0 Å². The van der Waals surface area contributed by atoms with Gasteiger partial charge in [0.05, 0.1) is 12.7 Å². The summed E-state index contributed by atoms with van der Waals surface area (Å²) in [6.07, 6.45) is 0.163.